The van der Waals surface area contributed by atoms with Crippen LogP contribution in [0.25, 0.3) is 5.69 Å². The maximum Gasteiger partial charge on any atom is 0.345 e. The quantitative estimate of drug-likeness (QED) is 0.420. The smallest absolute Gasteiger partial charge is 0.320 e. The number of hydrogen-bond donors (Lipinski definition) is 0. The predicted molar refractivity (Wildman–Crippen MR) is 133 cm³/mol. The minimum absolute atomic E-state index is 0.454. The van der Waals surface area contributed by atoms with Crippen LogP contribution in [-0.4, -0.2) is 50.0 Å². The predicted octanol–water partition coefficient (Wildman–Crippen LogP) is 5.40. The van der Waals surface area contributed by atoms with Gasteiger partial charge in [0.15, 0.2) is 0 Å². The van der Waals surface area contributed by atoms with Gasteiger partial charge in [-0.1, -0.05) is 13.0 Å². The van der Waals surface area contributed by atoms with E-state index in [1.54, 1.807) is 6.33 Å². The second-order valence-corrected chi connectivity index (χ2v) is 11.2. The molecule has 0 radical (unpaired) electrons. The molecule has 3 aliphatic rings. The normalized spacial score (nSPS) is 26.9. The minimum atomic E-state index is -2.76. The van der Waals surface area contributed by atoms with Crippen molar-refractivity contribution in [3.63, 3.8) is 0 Å². The van der Waals surface area contributed by atoms with Crippen molar-refractivity contribution in [1.82, 2.24) is 24.2 Å². The molecule has 1 saturated heterocycles. The molecule has 36 heavy (non-hydrogen) atoms. The molecular weight excluding hydrogens is 460 g/mol. The number of piperidine rings is 1. The Kier molecular flexibility index (Phi) is 6.20. The molecule has 2 aliphatic carbocycles. The number of likely N-dealkylation sites (tertiary alicyclic amines) is 1. The Morgan fingerprint density at radius 3 is 2.69 bits per heavy atom. The maximum absolute atomic E-state index is 13.0. The van der Waals surface area contributed by atoms with Crippen LogP contribution in [0.2, 0.25) is 0 Å². The summed E-state index contributed by atoms with van der Waals surface area (Å²) in [6.07, 6.45) is 9.26. The van der Waals surface area contributed by atoms with Gasteiger partial charge in [0, 0.05) is 37.7 Å². The Balaban J connectivity index is 1.34. The summed E-state index contributed by atoms with van der Waals surface area (Å²) in [5.41, 5.74) is 4.52. The van der Waals surface area contributed by atoms with Crippen LogP contribution in [0.4, 0.5) is 8.78 Å². The first kappa shape index (κ1) is 23.8. The van der Waals surface area contributed by atoms with Gasteiger partial charge >= 0.3 is 6.61 Å². The van der Waals surface area contributed by atoms with Crippen LogP contribution >= 0.6 is 0 Å². The number of ether oxygens (including phenoxy) is 1. The zero-order valence-corrected chi connectivity index (χ0v) is 21.1. The van der Waals surface area contributed by atoms with E-state index in [4.69, 9.17) is 4.74 Å². The van der Waals surface area contributed by atoms with Gasteiger partial charge in [-0.3, -0.25) is 4.90 Å². The highest BCUT2D eigenvalue weighted by Crippen LogP contribution is 2.54. The molecule has 0 N–H and O–H groups in total. The minimum Gasteiger partial charge on any atom is -0.320 e. The number of aryl methyl sites for hydroxylation is 1. The molecule has 1 aromatic carbocycles. The first-order chi connectivity index (χ1) is 17.4. The fourth-order valence-electron chi connectivity index (χ4n) is 6.52. The highest BCUT2D eigenvalue weighted by Gasteiger charge is 2.53. The number of rotatable bonds is 8. The van der Waals surface area contributed by atoms with E-state index in [1.807, 2.05) is 11.6 Å². The van der Waals surface area contributed by atoms with Crippen LogP contribution in [0.15, 0.2) is 42.9 Å². The third-order valence-electron chi connectivity index (χ3n) is 8.39. The van der Waals surface area contributed by atoms with Crippen molar-refractivity contribution in [1.29, 1.82) is 0 Å². The highest BCUT2D eigenvalue weighted by atomic mass is 19.3. The lowest BCUT2D eigenvalue weighted by Gasteiger charge is -2.47. The van der Waals surface area contributed by atoms with Crippen molar-refractivity contribution in [3.05, 3.63) is 65.5 Å². The molecule has 3 fully saturated rings. The zero-order valence-electron chi connectivity index (χ0n) is 21.1. The number of benzene rings is 1. The van der Waals surface area contributed by atoms with Gasteiger partial charge in [-0.05, 0) is 92.3 Å². The van der Waals surface area contributed by atoms with Crippen LogP contribution < -0.4 is 0 Å². The van der Waals surface area contributed by atoms with Gasteiger partial charge in [0.1, 0.15) is 12.2 Å². The van der Waals surface area contributed by atoms with E-state index in [9.17, 15) is 8.78 Å². The number of aromatic nitrogens is 4. The molecule has 3 aromatic rings. The first-order valence-electron chi connectivity index (χ1n) is 13.2. The first-order valence-corrected chi connectivity index (χ1v) is 13.2. The molecule has 6 nitrogen and oxygen atoms in total. The molecule has 2 aromatic heterocycles. The van der Waals surface area contributed by atoms with Crippen LogP contribution in [0, 0.1) is 5.92 Å². The second kappa shape index (κ2) is 9.38. The molecule has 3 heterocycles. The highest BCUT2D eigenvalue weighted by molar-refractivity contribution is 5.51. The van der Waals surface area contributed by atoms with E-state index in [0.29, 0.717) is 18.8 Å². The number of nitrogens with zero attached hydrogens (tertiary/aromatic N) is 5. The molecule has 0 unspecified atom stereocenters. The van der Waals surface area contributed by atoms with Crippen LogP contribution in [-0.2, 0) is 23.7 Å². The van der Waals surface area contributed by atoms with Gasteiger partial charge in [0.2, 0.25) is 0 Å². The van der Waals surface area contributed by atoms with Crippen molar-refractivity contribution in [3.8, 4) is 5.69 Å². The van der Waals surface area contributed by atoms with Gasteiger partial charge in [0.05, 0.1) is 11.5 Å². The molecule has 1 aliphatic heterocycles. The van der Waals surface area contributed by atoms with Crippen molar-refractivity contribution >= 4 is 0 Å². The van der Waals surface area contributed by atoms with Gasteiger partial charge in [0.25, 0.3) is 0 Å². The molecule has 192 valence electrons. The molecule has 2 saturated carbocycles. The molecule has 8 heteroatoms. The van der Waals surface area contributed by atoms with E-state index >= 15 is 0 Å². The summed E-state index contributed by atoms with van der Waals surface area (Å²) < 4.78 is 35.1. The summed E-state index contributed by atoms with van der Waals surface area (Å²) in [5.74, 6) is 2.08. The van der Waals surface area contributed by atoms with Crippen LogP contribution in [0.1, 0.15) is 74.0 Å². The number of hydrogen-bond acceptors (Lipinski definition) is 4. The molecule has 0 spiro atoms. The zero-order chi connectivity index (χ0) is 24.9. The summed E-state index contributed by atoms with van der Waals surface area (Å²) in [4.78, 5) is 2.57. The topological polar surface area (TPSA) is 48.1 Å². The summed E-state index contributed by atoms with van der Waals surface area (Å²) in [5, 5.41) is 8.55. The SMILES string of the molecule is C[C@H]1CCCN(Cc2cccn2-c2ccc(C3(c4nncn4C)CC(OC(F)F)C3)c(C3CC3)c2)C1. The summed E-state index contributed by atoms with van der Waals surface area (Å²) >= 11 is 0. The van der Waals surface area contributed by atoms with Crippen LogP contribution in [0.5, 0.6) is 0 Å². The van der Waals surface area contributed by atoms with Crippen molar-refractivity contribution in [2.24, 2.45) is 13.0 Å². The Labute approximate surface area is 211 Å². The lowest BCUT2D eigenvalue weighted by molar-refractivity contribution is -0.192. The molecule has 1 atom stereocenters. The summed E-state index contributed by atoms with van der Waals surface area (Å²) in [6.45, 7) is 2.85. The molecule has 0 amide bonds. The average Bonchev–Trinajstić information content (AvgIpc) is 3.43. The fraction of sp³-hybridized carbons (Fsp3) is 0.571. The van der Waals surface area contributed by atoms with Crippen molar-refractivity contribution in [2.45, 2.75) is 76.0 Å². The van der Waals surface area contributed by atoms with Crippen LogP contribution in [0.3, 0.4) is 0 Å². The monoisotopic (exact) mass is 495 g/mol. The number of alkyl halides is 2. The average molecular weight is 496 g/mol. The van der Waals surface area contributed by atoms with Gasteiger partial charge in [-0.2, -0.15) is 8.78 Å². The van der Waals surface area contributed by atoms with Gasteiger partial charge in [-0.25, -0.2) is 0 Å². The van der Waals surface area contributed by atoms with Gasteiger partial charge in [-0.15, -0.1) is 10.2 Å². The Bertz CT molecular complexity index is 1210. The molecule has 0 bridgehead atoms. The maximum atomic E-state index is 13.0. The van der Waals surface area contributed by atoms with E-state index in [1.165, 1.54) is 35.3 Å². The van der Waals surface area contributed by atoms with Crippen molar-refractivity contribution < 1.29 is 13.5 Å². The standard InChI is InChI=1S/C28H35F2N5O/c1-19-5-3-11-34(16-19)17-22-6-4-12-35(22)21-9-10-25(24(13-21)20-7-8-20)28(26-32-31-18-33(26)2)14-23(15-28)36-27(29)30/h4,6,9-10,12-13,18-20,23,27H,3,5,7-8,11,14-17H2,1-2H3/t19-,23?,28?/m0/s1. The summed E-state index contributed by atoms with van der Waals surface area (Å²) in [6, 6.07) is 11.1. The Morgan fingerprint density at radius 2 is 2.00 bits per heavy atom. The van der Waals surface area contributed by atoms with E-state index < -0.39 is 18.1 Å². The van der Waals surface area contributed by atoms with Gasteiger partial charge < -0.3 is 13.9 Å². The fourth-order valence-corrected chi connectivity index (χ4v) is 6.52. The Hall–Kier alpha value is -2.58. The lowest BCUT2D eigenvalue weighted by atomic mass is 9.60. The van der Waals surface area contributed by atoms with E-state index in [2.05, 4.69) is 63.1 Å². The summed E-state index contributed by atoms with van der Waals surface area (Å²) in [7, 11) is 1.93. The third-order valence-corrected chi connectivity index (χ3v) is 8.39. The number of halogens is 2. The third kappa shape index (κ3) is 4.39. The van der Waals surface area contributed by atoms with Crippen molar-refractivity contribution in [2.75, 3.05) is 13.1 Å². The van der Waals surface area contributed by atoms with E-state index in [-0.39, 0.29) is 0 Å². The Morgan fingerprint density at radius 1 is 1.17 bits per heavy atom. The lowest BCUT2D eigenvalue weighted by Crippen LogP contribution is -2.49. The van der Waals surface area contributed by atoms with E-state index in [0.717, 1.165) is 44.2 Å². The molecule has 6 rings (SSSR count). The molecular formula is C28H35F2N5O. The largest absolute Gasteiger partial charge is 0.345 e. The second-order valence-electron chi connectivity index (χ2n) is 11.2.